The van der Waals surface area contributed by atoms with E-state index in [-0.39, 0.29) is 36.2 Å². The summed E-state index contributed by atoms with van der Waals surface area (Å²) >= 11 is 7.14. The second-order valence-corrected chi connectivity index (χ2v) is 7.53. The lowest BCUT2D eigenvalue weighted by Crippen LogP contribution is -2.39. The third kappa shape index (κ3) is 5.59. The molecule has 2 aromatic rings. The second kappa shape index (κ2) is 10.3. The minimum Gasteiger partial charge on any atom is -0.355 e. The lowest BCUT2D eigenvalue weighted by Gasteiger charge is -2.17. The largest absolute Gasteiger partial charge is 0.355 e. The molecule has 0 bridgehead atoms. The third-order valence-corrected chi connectivity index (χ3v) is 5.09. The van der Waals surface area contributed by atoms with Crippen LogP contribution in [-0.4, -0.2) is 52.2 Å². The summed E-state index contributed by atoms with van der Waals surface area (Å²) in [5.74, 6) is -0.375. The van der Waals surface area contributed by atoms with E-state index >= 15 is 0 Å². The molecular formula is C19H23ClN4O3S. The number of hydrogen-bond acceptors (Lipinski definition) is 5. The van der Waals surface area contributed by atoms with Crippen LogP contribution in [0.1, 0.15) is 13.3 Å². The van der Waals surface area contributed by atoms with Crippen molar-refractivity contribution in [3.05, 3.63) is 46.2 Å². The highest BCUT2D eigenvalue weighted by molar-refractivity contribution is 7.99. The van der Waals surface area contributed by atoms with Gasteiger partial charge in [0.2, 0.25) is 11.8 Å². The molecule has 0 aliphatic rings. The van der Waals surface area contributed by atoms with Crippen molar-refractivity contribution in [2.75, 3.05) is 25.9 Å². The van der Waals surface area contributed by atoms with Gasteiger partial charge in [-0.3, -0.25) is 19.0 Å². The summed E-state index contributed by atoms with van der Waals surface area (Å²) in [7, 11) is 1.57. The minimum absolute atomic E-state index is 0.0114. The topological polar surface area (TPSA) is 84.3 Å². The van der Waals surface area contributed by atoms with Gasteiger partial charge in [0.25, 0.3) is 5.56 Å². The summed E-state index contributed by atoms with van der Waals surface area (Å²) < 4.78 is 1.46. The van der Waals surface area contributed by atoms with Gasteiger partial charge >= 0.3 is 0 Å². The number of nitrogens with zero attached hydrogens (tertiary/aromatic N) is 3. The number of allylic oxidation sites excluding steroid dienone is 1. The van der Waals surface area contributed by atoms with Gasteiger partial charge < -0.3 is 10.2 Å². The lowest BCUT2D eigenvalue weighted by molar-refractivity contribution is -0.132. The maximum atomic E-state index is 12.8. The van der Waals surface area contributed by atoms with Gasteiger partial charge in [-0.2, -0.15) is 0 Å². The molecule has 1 heterocycles. The van der Waals surface area contributed by atoms with Gasteiger partial charge in [-0.05, 0) is 24.6 Å². The number of amides is 2. The van der Waals surface area contributed by atoms with Crippen molar-refractivity contribution in [3.63, 3.8) is 0 Å². The molecule has 0 saturated heterocycles. The van der Waals surface area contributed by atoms with E-state index in [0.29, 0.717) is 27.6 Å². The molecule has 2 amide bonds. The number of fused-ring (bicyclic) bond motifs is 1. The predicted octanol–water partition coefficient (Wildman–Crippen LogP) is 2.31. The van der Waals surface area contributed by atoms with Crippen LogP contribution in [0.5, 0.6) is 0 Å². The van der Waals surface area contributed by atoms with E-state index in [4.69, 9.17) is 11.6 Å². The summed E-state index contributed by atoms with van der Waals surface area (Å²) in [6.07, 6.45) is 2.43. The Morgan fingerprint density at radius 2 is 2.18 bits per heavy atom. The average molecular weight is 423 g/mol. The number of likely N-dealkylation sites (N-methyl/N-ethyl adjacent to an activating group) is 1. The highest BCUT2D eigenvalue weighted by Crippen LogP contribution is 2.20. The predicted molar refractivity (Wildman–Crippen MR) is 113 cm³/mol. The zero-order valence-electron chi connectivity index (χ0n) is 15.9. The van der Waals surface area contributed by atoms with E-state index in [1.807, 2.05) is 6.92 Å². The van der Waals surface area contributed by atoms with Crippen LogP contribution < -0.4 is 10.9 Å². The highest BCUT2D eigenvalue weighted by atomic mass is 35.5. The Morgan fingerprint density at radius 3 is 2.86 bits per heavy atom. The number of carbonyl (C=O) groups excluding carboxylic acids is 2. The standard InChI is InChI=1S/C19H23ClN4O3S/c1-4-8-21-16(25)11-23(3)17(26)12-28-19-22-15-7-6-13(20)10-14(15)18(27)24(19)9-5-2/h5-7,10H,2,4,8-9,11-12H2,1,3H3,(H,21,25). The molecule has 1 aromatic heterocycles. The van der Waals surface area contributed by atoms with Gasteiger partial charge in [0.15, 0.2) is 5.16 Å². The number of aromatic nitrogens is 2. The van der Waals surface area contributed by atoms with Crippen LogP contribution in [0.15, 0.2) is 40.8 Å². The quantitative estimate of drug-likeness (QED) is 0.381. The van der Waals surface area contributed by atoms with Gasteiger partial charge in [-0.1, -0.05) is 36.4 Å². The van der Waals surface area contributed by atoms with Crippen LogP contribution in [0.4, 0.5) is 0 Å². The Morgan fingerprint density at radius 1 is 1.43 bits per heavy atom. The van der Waals surface area contributed by atoms with Crippen LogP contribution in [0.25, 0.3) is 10.9 Å². The van der Waals surface area contributed by atoms with E-state index < -0.39 is 0 Å². The summed E-state index contributed by atoms with van der Waals surface area (Å²) in [5, 5.41) is 4.01. The van der Waals surface area contributed by atoms with Crippen molar-refractivity contribution >= 4 is 46.1 Å². The Labute approximate surface area is 172 Å². The van der Waals surface area contributed by atoms with Crippen molar-refractivity contribution in [1.82, 2.24) is 19.8 Å². The molecule has 9 heteroatoms. The molecule has 0 radical (unpaired) electrons. The van der Waals surface area contributed by atoms with Crippen molar-refractivity contribution in [3.8, 4) is 0 Å². The maximum Gasteiger partial charge on any atom is 0.262 e. The molecule has 2 rings (SSSR count). The summed E-state index contributed by atoms with van der Waals surface area (Å²) in [6.45, 7) is 6.46. The first-order chi connectivity index (χ1) is 13.4. The summed E-state index contributed by atoms with van der Waals surface area (Å²) in [6, 6.07) is 4.91. The van der Waals surface area contributed by atoms with Gasteiger partial charge in [0.1, 0.15) is 0 Å². The molecule has 1 N–H and O–H groups in total. The van der Waals surface area contributed by atoms with Gasteiger partial charge in [-0.15, -0.1) is 6.58 Å². The summed E-state index contributed by atoms with van der Waals surface area (Å²) in [4.78, 5) is 42.7. The lowest BCUT2D eigenvalue weighted by atomic mass is 10.2. The SMILES string of the molecule is C=CCn1c(SCC(=O)N(C)CC(=O)NCCC)nc2ccc(Cl)cc2c1=O. The molecule has 0 saturated carbocycles. The molecule has 1 aromatic carbocycles. The molecule has 0 aliphatic heterocycles. The Balaban J connectivity index is 2.16. The molecular weight excluding hydrogens is 400 g/mol. The van der Waals surface area contributed by atoms with Crippen LogP contribution >= 0.6 is 23.4 Å². The average Bonchev–Trinajstić information content (AvgIpc) is 2.67. The number of hydrogen-bond donors (Lipinski definition) is 1. The van der Waals surface area contributed by atoms with Crippen LogP contribution in [0.2, 0.25) is 5.02 Å². The van der Waals surface area contributed by atoms with Crippen molar-refractivity contribution in [2.24, 2.45) is 0 Å². The molecule has 0 atom stereocenters. The maximum absolute atomic E-state index is 12.8. The monoisotopic (exact) mass is 422 g/mol. The number of thioether (sulfide) groups is 1. The normalized spacial score (nSPS) is 10.7. The number of rotatable bonds is 9. The van der Waals surface area contributed by atoms with E-state index in [0.717, 1.165) is 18.2 Å². The highest BCUT2D eigenvalue weighted by Gasteiger charge is 2.16. The summed E-state index contributed by atoms with van der Waals surface area (Å²) in [5.41, 5.74) is 0.270. The molecule has 0 unspecified atom stereocenters. The Hall–Kier alpha value is -2.32. The number of nitrogens with one attached hydrogen (secondary N) is 1. The zero-order chi connectivity index (χ0) is 20.7. The molecule has 150 valence electrons. The van der Waals surface area contributed by atoms with Gasteiger partial charge in [0.05, 0.1) is 23.2 Å². The fourth-order valence-corrected chi connectivity index (χ4v) is 3.55. The fourth-order valence-electron chi connectivity index (χ4n) is 2.43. The number of halogens is 1. The fraction of sp³-hybridized carbons (Fsp3) is 0.368. The van der Waals surface area contributed by atoms with Gasteiger partial charge in [0, 0.05) is 25.2 Å². The number of carbonyl (C=O) groups is 2. The third-order valence-electron chi connectivity index (χ3n) is 3.90. The van der Waals surface area contributed by atoms with Crippen molar-refractivity contribution in [2.45, 2.75) is 25.0 Å². The van der Waals surface area contributed by atoms with Crippen LogP contribution in [0.3, 0.4) is 0 Å². The smallest absolute Gasteiger partial charge is 0.262 e. The van der Waals surface area contributed by atoms with E-state index in [2.05, 4.69) is 16.9 Å². The number of benzene rings is 1. The van der Waals surface area contributed by atoms with Crippen molar-refractivity contribution < 1.29 is 9.59 Å². The first-order valence-corrected chi connectivity index (χ1v) is 10.2. The van der Waals surface area contributed by atoms with Crippen LogP contribution in [-0.2, 0) is 16.1 Å². The molecule has 0 fully saturated rings. The molecule has 0 aliphatic carbocycles. The van der Waals surface area contributed by atoms with E-state index in [9.17, 15) is 14.4 Å². The molecule has 28 heavy (non-hydrogen) atoms. The molecule has 0 spiro atoms. The van der Waals surface area contributed by atoms with E-state index in [1.165, 1.54) is 9.47 Å². The minimum atomic E-state index is -0.241. The van der Waals surface area contributed by atoms with Crippen molar-refractivity contribution in [1.29, 1.82) is 0 Å². The van der Waals surface area contributed by atoms with Gasteiger partial charge in [-0.25, -0.2) is 4.98 Å². The molecule has 7 nitrogen and oxygen atoms in total. The zero-order valence-corrected chi connectivity index (χ0v) is 17.5. The van der Waals surface area contributed by atoms with E-state index in [1.54, 1.807) is 31.3 Å². The first-order valence-electron chi connectivity index (χ1n) is 8.81. The Kier molecular flexibility index (Phi) is 8.07. The second-order valence-electron chi connectivity index (χ2n) is 6.15. The first kappa shape index (κ1) is 22.0. The van der Waals surface area contributed by atoms with Crippen LogP contribution in [0, 0.1) is 0 Å². The Bertz CT molecular complexity index is 945.